The van der Waals surface area contributed by atoms with E-state index in [0.29, 0.717) is 13.1 Å². The normalized spacial score (nSPS) is 34.1. The van der Waals surface area contributed by atoms with Gasteiger partial charge in [0, 0.05) is 26.2 Å². The molecule has 6 nitrogen and oxygen atoms in total. The molecule has 2 rings (SSSR count). The third-order valence-corrected chi connectivity index (χ3v) is 3.94. The summed E-state index contributed by atoms with van der Waals surface area (Å²) in [7, 11) is 0. The third-order valence-electron chi connectivity index (χ3n) is 3.94. The van der Waals surface area contributed by atoms with E-state index in [1.54, 1.807) is 6.92 Å². The van der Waals surface area contributed by atoms with Crippen LogP contribution >= 0.6 is 0 Å². The minimum absolute atomic E-state index is 0.173. The van der Waals surface area contributed by atoms with Gasteiger partial charge in [-0.15, -0.1) is 0 Å². The SMILES string of the molecule is CCOC(=O)C(=O)N1CC2(C)CNCC(C)(C1)C2=O. The van der Waals surface area contributed by atoms with E-state index < -0.39 is 22.7 Å². The van der Waals surface area contributed by atoms with Crippen molar-refractivity contribution in [3.8, 4) is 0 Å². The zero-order valence-corrected chi connectivity index (χ0v) is 11.6. The van der Waals surface area contributed by atoms with Crippen molar-refractivity contribution in [3.63, 3.8) is 0 Å². The van der Waals surface area contributed by atoms with Gasteiger partial charge in [0.25, 0.3) is 0 Å². The molecular weight excluding hydrogens is 248 g/mol. The zero-order chi connectivity index (χ0) is 14.3. The van der Waals surface area contributed by atoms with Crippen LogP contribution in [0, 0.1) is 10.8 Å². The number of carbonyl (C=O) groups excluding carboxylic acids is 3. The zero-order valence-electron chi connectivity index (χ0n) is 11.6. The van der Waals surface area contributed by atoms with E-state index in [1.165, 1.54) is 4.90 Å². The predicted octanol–water partition coefficient (Wildman–Crippen LogP) is -0.423. The monoisotopic (exact) mass is 268 g/mol. The molecule has 1 N–H and O–H groups in total. The lowest BCUT2D eigenvalue weighted by Gasteiger charge is -2.51. The average Bonchev–Trinajstić information content (AvgIpc) is 2.33. The molecule has 2 aliphatic rings. The standard InChI is InChI=1S/C13H20N2O4/c1-4-19-10(17)9(16)15-7-12(2)5-14-6-13(3,8-15)11(12)18/h14H,4-8H2,1-3H3. The molecular formula is C13H20N2O4. The Morgan fingerprint density at radius 2 is 1.79 bits per heavy atom. The van der Waals surface area contributed by atoms with Crippen molar-refractivity contribution in [1.82, 2.24) is 10.2 Å². The molecule has 2 unspecified atom stereocenters. The number of rotatable bonds is 1. The minimum atomic E-state index is -0.838. The second kappa shape index (κ2) is 4.59. The summed E-state index contributed by atoms with van der Waals surface area (Å²) in [5.41, 5.74) is -1.24. The van der Waals surface area contributed by atoms with Crippen molar-refractivity contribution < 1.29 is 19.1 Å². The highest BCUT2D eigenvalue weighted by Gasteiger charge is 2.54. The Bertz CT molecular complexity index is 414. The van der Waals surface area contributed by atoms with Gasteiger partial charge in [0.05, 0.1) is 17.4 Å². The number of ether oxygens (including phenoxy) is 1. The molecule has 2 fully saturated rings. The van der Waals surface area contributed by atoms with E-state index in [9.17, 15) is 14.4 Å². The van der Waals surface area contributed by atoms with Gasteiger partial charge in [-0.25, -0.2) is 4.79 Å². The maximum absolute atomic E-state index is 12.4. The summed E-state index contributed by atoms with van der Waals surface area (Å²) in [6.45, 7) is 7.12. The molecule has 0 saturated carbocycles. The van der Waals surface area contributed by atoms with Crippen LogP contribution in [-0.4, -0.2) is 55.3 Å². The van der Waals surface area contributed by atoms with Crippen LogP contribution in [0.25, 0.3) is 0 Å². The first-order valence-electron chi connectivity index (χ1n) is 6.54. The van der Waals surface area contributed by atoms with Crippen LogP contribution in [0.5, 0.6) is 0 Å². The summed E-state index contributed by atoms with van der Waals surface area (Å²) < 4.78 is 4.74. The summed E-state index contributed by atoms with van der Waals surface area (Å²) in [5, 5.41) is 3.24. The fourth-order valence-corrected chi connectivity index (χ4v) is 3.12. The summed E-state index contributed by atoms with van der Waals surface area (Å²) >= 11 is 0. The number of esters is 1. The van der Waals surface area contributed by atoms with Gasteiger partial charge in [0.2, 0.25) is 0 Å². The number of nitrogens with one attached hydrogen (secondary N) is 1. The van der Waals surface area contributed by atoms with Crippen LogP contribution in [0.2, 0.25) is 0 Å². The van der Waals surface area contributed by atoms with Gasteiger partial charge in [-0.2, -0.15) is 0 Å². The molecule has 1 amide bonds. The van der Waals surface area contributed by atoms with Crippen molar-refractivity contribution in [2.75, 3.05) is 32.8 Å². The number of amides is 1. The number of nitrogens with zero attached hydrogens (tertiary/aromatic N) is 1. The number of hydrogen-bond donors (Lipinski definition) is 1. The van der Waals surface area contributed by atoms with Crippen LogP contribution in [-0.2, 0) is 19.1 Å². The summed E-state index contributed by atoms with van der Waals surface area (Å²) in [4.78, 5) is 37.4. The number of piperidine rings is 2. The van der Waals surface area contributed by atoms with E-state index in [1.807, 2.05) is 13.8 Å². The molecule has 2 heterocycles. The first-order chi connectivity index (χ1) is 8.82. The number of fused-ring (bicyclic) bond motifs is 2. The second-order valence-corrected chi connectivity index (χ2v) is 5.94. The Hall–Kier alpha value is -1.43. The number of hydrogen-bond acceptors (Lipinski definition) is 5. The maximum atomic E-state index is 12.4. The van der Waals surface area contributed by atoms with Crippen molar-refractivity contribution in [1.29, 1.82) is 0 Å². The Labute approximate surface area is 112 Å². The number of carbonyl (C=O) groups is 3. The molecule has 19 heavy (non-hydrogen) atoms. The molecule has 0 aliphatic carbocycles. The van der Waals surface area contributed by atoms with E-state index in [4.69, 9.17) is 4.74 Å². The lowest BCUT2D eigenvalue weighted by atomic mass is 9.65. The summed E-state index contributed by atoms with van der Waals surface area (Å²) in [5.74, 6) is -1.31. The molecule has 106 valence electrons. The van der Waals surface area contributed by atoms with Gasteiger partial charge in [0.15, 0.2) is 5.78 Å². The molecule has 0 aromatic heterocycles. The lowest BCUT2D eigenvalue weighted by molar-refractivity contribution is -0.167. The summed E-state index contributed by atoms with van der Waals surface area (Å²) in [6.07, 6.45) is 0. The molecule has 2 saturated heterocycles. The Morgan fingerprint density at radius 1 is 1.26 bits per heavy atom. The van der Waals surface area contributed by atoms with Crippen molar-refractivity contribution >= 4 is 17.7 Å². The van der Waals surface area contributed by atoms with E-state index in [0.717, 1.165) is 0 Å². The molecule has 2 aliphatic heterocycles. The molecule has 2 atom stereocenters. The van der Waals surface area contributed by atoms with Crippen molar-refractivity contribution in [2.24, 2.45) is 10.8 Å². The fraction of sp³-hybridized carbons (Fsp3) is 0.769. The molecule has 0 aromatic carbocycles. The topological polar surface area (TPSA) is 75.7 Å². The van der Waals surface area contributed by atoms with Gasteiger partial charge in [-0.3, -0.25) is 9.59 Å². The van der Waals surface area contributed by atoms with E-state index >= 15 is 0 Å². The van der Waals surface area contributed by atoms with Crippen LogP contribution in [0.15, 0.2) is 0 Å². The highest BCUT2D eigenvalue weighted by atomic mass is 16.5. The molecule has 0 spiro atoms. The smallest absolute Gasteiger partial charge is 0.397 e. The third kappa shape index (κ3) is 2.25. The molecule has 0 radical (unpaired) electrons. The maximum Gasteiger partial charge on any atom is 0.397 e. The lowest BCUT2D eigenvalue weighted by Crippen LogP contribution is -2.68. The second-order valence-electron chi connectivity index (χ2n) is 5.94. The van der Waals surface area contributed by atoms with Crippen LogP contribution in [0.3, 0.4) is 0 Å². The first-order valence-corrected chi connectivity index (χ1v) is 6.54. The number of ketones is 1. The average molecular weight is 268 g/mol. The Balaban J connectivity index is 2.20. The predicted molar refractivity (Wildman–Crippen MR) is 67.3 cm³/mol. The van der Waals surface area contributed by atoms with Crippen LogP contribution < -0.4 is 5.32 Å². The van der Waals surface area contributed by atoms with Crippen LogP contribution in [0.4, 0.5) is 0 Å². The van der Waals surface area contributed by atoms with Crippen molar-refractivity contribution in [3.05, 3.63) is 0 Å². The van der Waals surface area contributed by atoms with Gasteiger partial charge in [-0.1, -0.05) is 0 Å². The largest absolute Gasteiger partial charge is 0.459 e. The Morgan fingerprint density at radius 3 is 2.26 bits per heavy atom. The number of Topliss-reactive ketones (excluding diaryl/α,β-unsaturated/α-hetero) is 1. The van der Waals surface area contributed by atoms with E-state index in [2.05, 4.69) is 5.32 Å². The van der Waals surface area contributed by atoms with E-state index in [-0.39, 0.29) is 25.5 Å². The number of likely N-dealkylation sites (tertiary alicyclic amines) is 1. The summed E-state index contributed by atoms with van der Waals surface area (Å²) in [6, 6.07) is 0. The molecule has 0 aromatic rings. The minimum Gasteiger partial charge on any atom is -0.459 e. The highest BCUT2D eigenvalue weighted by molar-refractivity contribution is 6.32. The first kappa shape index (κ1) is 14.0. The highest BCUT2D eigenvalue weighted by Crippen LogP contribution is 2.39. The van der Waals surface area contributed by atoms with Gasteiger partial charge in [0.1, 0.15) is 0 Å². The Kier molecular flexibility index (Phi) is 3.38. The fourth-order valence-electron chi connectivity index (χ4n) is 3.12. The van der Waals surface area contributed by atoms with Crippen molar-refractivity contribution in [2.45, 2.75) is 20.8 Å². The van der Waals surface area contributed by atoms with Gasteiger partial charge >= 0.3 is 11.9 Å². The molecule has 2 bridgehead atoms. The van der Waals surface area contributed by atoms with Gasteiger partial charge < -0.3 is 15.0 Å². The van der Waals surface area contributed by atoms with Gasteiger partial charge in [-0.05, 0) is 20.8 Å². The van der Waals surface area contributed by atoms with Crippen LogP contribution in [0.1, 0.15) is 20.8 Å². The molecule has 6 heteroatoms. The quantitative estimate of drug-likeness (QED) is 0.516.